The normalized spacial score (nSPS) is 11.7. The molecule has 1 aromatic carbocycles. The largest absolute Gasteiger partial charge is 0.481 e. The van der Waals surface area contributed by atoms with Crippen molar-refractivity contribution in [1.29, 1.82) is 0 Å². The minimum absolute atomic E-state index is 0.109. The third-order valence-corrected chi connectivity index (χ3v) is 3.54. The molecule has 23 heavy (non-hydrogen) atoms. The third-order valence-electron chi connectivity index (χ3n) is 3.54. The molecule has 1 atom stereocenters. The lowest BCUT2D eigenvalue weighted by Crippen LogP contribution is -2.15. The summed E-state index contributed by atoms with van der Waals surface area (Å²) in [6, 6.07) is 11.0. The predicted octanol–water partition coefficient (Wildman–Crippen LogP) is 2.83. The number of aliphatic carboxylic acids is 1. The Morgan fingerprint density at radius 2 is 1.78 bits per heavy atom. The van der Waals surface area contributed by atoms with Gasteiger partial charge in [0.25, 0.3) is 0 Å². The predicted molar refractivity (Wildman–Crippen MR) is 88.3 cm³/mol. The fraction of sp³-hybridized carbons (Fsp3) is 0.278. The zero-order valence-corrected chi connectivity index (χ0v) is 13.2. The van der Waals surface area contributed by atoms with Gasteiger partial charge in [-0.25, -0.2) is 0 Å². The maximum Gasteiger partial charge on any atom is 0.306 e. The van der Waals surface area contributed by atoms with E-state index in [4.69, 9.17) is 5.11 Å². The van der Waals surface area contributed by atoms with Gasteiger partial charge in [0.2, 0.25) is 5.91 Å². The average molecular weight is 312 g/mol. The van der Waals surface area contributed by atoms with Gasteiger partial charge in [-0.05, 0) is 42.7 Å². The number of carbonyl (C=O) groups excluding carboxylic acids is 1. The highest BCUT2D eigenvalue weighted by atomic mass is 16.4. The lowest BCUT2D eigenvalue weighted by atomic mass is 10.0. The van der Waals surface area contributed by atoms with Crippen LogP contribution in [0.3, 0.4) is 0 Å². The molecular formula is C18H20N2O3. The maximum atomic E-state index is 12.0. The molecule has 0 fully saturated rings. The first kappa shape index (κ1) is 16.7. The fourth-order valence-corrected chi connectivity index (χ4v) is 2.16. The lowest BCUT2D eigenvalue weighted by molar-refractivity contribution is -0.141. The molecule has 0 radical (unpaired) electrons. The first-order valence-electron chi connectivity index (χ1n) is 7.47. The highest BCUT2D eigenvalue weighted by molar-refractivity contribution is 5.92. The Morgan fingerprint density at radius 3 is 2.35 bits per heavy atom. The van der Waals surface area contributed by atoms with Crippen molar-refractivity contribution in [3.05, 3.63) is 59.4 Å². The Morgan fingerprint density at radius 1 is 1.13 bits per heavy atom. The number of amides is 1. The van der Waals surface area contributed by atoms with Crippen LogP contribution in [0.25, 0.3) is 0 Å². The first-order chi connectivity index (χ1) is 10.9. The van der Waals surface area contributed by atoms with Crippen LogP contribution in [0.15, 0.2) is 42.6 Å². The molecular weight excluding hydrogens is 292 g/mol. The van der Waals surface area contributed by atoms with Gasteiger partial charge in [-0.1, -0.05) is 25.1 Å². The van der Waals surface area contributed by atoms with Gasteiger partial charge in [0.1, 0.15) is 0 Å². The van der Waals surface area contributed by atoms with Crippen molar-refractivity contribution in [2.75, 3.05) is 5.32 Å². The summed E-state index contributed by atoms with van der Waals surface area (Å²) in [5, 5.41) is 11.7. The van der Waals surface area contributed by atoms with E-state index in [9.17, 15) is 9.59 Å². The smallest absolute Gasteiger partial charge is 0.306 e. The van der Waals surface area contributed by atoms with Crippen molar-refractivity contribution in [1.82, 2.24) is 4.98 Å². The van der Waals surface area contributed by atoms with E-state index < -0.39 is 11.9 Å². The van der Waals surface area contributed by atoms with Crippen molar-refractivity contribution in [2.24, 2.45) is 5.92 Å². The van der Waals surface area contributed by atoms with Crippen LogP contribution in [-0.2, 0) is 22.4 Å². The number of nitrogens with one attached hydrogen (secondary N) is 1. The quantitative estimate of drug-likeness (QED) is 0.859. The Kier molecular flexibility index (Phi) is 5.46. The van der Waals surface area contributed by atoms with Crippen LogP contribution < -0.4 is 5.32 Å². The van der Waals surface area contributed by atoms with Crippen molar-refractivity contribution in [3.8, 4) is 0 Å². The summed E-state index contributed by atoms with van der Waals surface area (Å²) >= 11 is 0. The van der Waals surface area contributed by atoms with Gasteiger partial charge in [-0.3, -0.25) is 14.6 Å². The van der Waals surface area contributed by atoms with Crippen molar-refractivity contribution < 1.29 is 14.7 Å². The summed E-state index contributed by atoms with van der Waals surface area (Å²) in [5.41, 5.74) is 3.41. The first-order valence-corrected chi connectivity index (χ1v) is 7.47. The molecule has 1 amide bonds. The number of hydrogen-bond donors (Lipinski definition) is 2. The number of benzene rings is 1. The number of aromatic nitrogens is 1. The van der Waals surface area contributed by atoms with Crippen LogP contribution in [0.4, 0.5) is 5.69 Å². The Hall–Kier alpha value is -2.69. The topological polar surface area (TPSA) is 79.3 Å². The monoisotopic (exact) mass is 312 g/mol. The highest BCUT2D eigenvalue weighted by Crippen LogP contribution is 2.14. The zero-order valence-electron chi connectivity index (χ0n) is 13.2. The number of anilines is 1. The van der Waals surface area contributed by atoms with Crippen molar-refractivity contribution in [2.45, 2.75) is 26.7 Å². The van der Waals surface area contributed by atoms with E-state index >= 15 is 0 Å². The Bertz CT molecular complexity index is 678. The molecule has 5 heteroatoms. The number of carbonyl (C=O) groups is 2. The number of hydrogen-bond acceptors (Lipinski definition) is 3. The summed E-state index contributed by atoms with van der Waals surface area (Å²) in [4.78, 5) is 27.0. The van der Waals surface area contributed by atoms with Crippen LogP contribution in [0.1, 0.15) is 23.7 Å². The summed E-state index contributed by atoms with van der Waals surface area (Å²) < 4.78 is 0. The van der Waals surface area contributed by atoms with E-state index in [-0.39, 0.29) is 12.3 Å². The maximum absolute atomic E-state index is 12.0. The molecule has 0 spiro atoms. The van der Waals surface area contributed by atoms with E-state index in [1.165, 1.54) is 0 Å². The van der Waals surface area contributed by atoms with E-state index in [0.29, 0.717) is 12.1 Å². The van der Waals surface area contributed by atoms with Crippen LogP contribution in [0.5, 0.6) is 0 Å². The molecule has 0 bridgehead atoms. The number of carboxylic acids is 1. The molecule has 120 valence electrons. The minimum Gasteiger partial charge on any atom is -0.481 e. The molecule has 0 aliphatic carbocycles. The number of nitrogens with zero attached hydrogens (tertiary/aromatic N) is 1. The number of aryl methyl sites for hydroxylation is 1. The second-order valence-electron chi connectivity index (χ2n) is 5.67. The van der Waals surface area contributed by atoms with Gasteiger partial charge in [-0.15, -0.1) is 0 Å². The SMILES string of the molecule is Cc1ccc(CC(=O)Nc2ccc(C[C@@H](C)C(=O)O)cc2)cn1. The molecule has 2 N–H and O–H groups in total. The minimum atomic E-state index is -0.811. The molecule has 0 aliphatic heterocycles. The van der Waals surface area contributed by atoms with Crippen LogP contribution in [0.2, 0.25) is 0 Å². The molecule has 5 nitrogen and oxygen atoms in total. The molecule has 2 rings (SSSR count). The van der Waals surface area contributed by atoms with Crippen molar-refractivity contribution in [3.63, 3.8) is 0 Å². The molecule has 0 aliphatic rings. The van der Waals surface area contributed by atoms with Gasteiger partial charge in [-0.2, -0.15) is 0 Å². The van der Waals surface area contributed by atoms with E-state index in [1.54, 1.807) is 25.3 Å². The summed E-state index contributed by atoms with van der Waals surface area (Å²) in [6.07, 6.45) is 2.44. The van der Waals surface area contributed by atoms with E-state index in [0.717, 1.165) is 16.8 Å². The number of carboxylic acid groups (broad SMARTS) is 1. The Balaban J connectivity index is 1.91. The molecule has 0 saturated carbocycles. The zero-order chi connectivity index (χ0) is 16.8. The van der Waals surface area contributed by atoms with Crippen LogP contribution in [-0.4, -0.2) is 22.0 Å². The summed E-state index contributed by atoms with van der Waals surface area (Å²) in [7, 11) is 0. The highest BCUT2D eigenvalue weighted by Gasteiger charge is 2.11. The fourth-order valence-electron chi connectivity index (χ4n) is 2.16. The average Bonchev–Trinajstić information content (AvgIpc) is 2.51. The van der Waals surface area contributed by atoms with Crippen molar-refractivity contribution >= 4 is 17.6 Å². The molecule has 1 heterocycles. The number of rotatable bonds is 6. The van der Waals surface area contributed by atoms with Crippen LogP contribution in [0, 0.1) is 12.8 Å². The second kappa shape index (κ2) is 7.54. The van der Waals surface area contributed by atoms with Gasteiger partial charge in [0, 0.05) is 17.6 Å². The molecule has 1 aromatic heterocycles. The molecule has 2 aromatic rings. The van der Waals surface area contributed by atoms with E-state index in [1.807, 2.05) is 31.2 Å². The van der Waals surface area contributed by atoms with Gasteiger partial charge in [0.05, 0.1) is 12.3 Å². The van der Waals surface area contributed by atoms with E-state index in [2.05, 4.69) is 10.3 Å². The summed E-state index contributed by atoms with van der Waals surface area (Å²) in [5.74, 6) is -1.35. The third kappa shape index (κ3) is 5.21. The standard InChI is InChI=1S/C18H20N2O3/c1-12(18(22)23)9-14-5-7-16(8-6-14)20-17(21)10-15-4-3-13(2)19-11-15/h3-8,11-12H,9-10H2,1-2H3,(H,20,21)(H,22,23)/t12-/m1/s1. The van der Waals surface area contributed by atoms with Gasteiger partial charge >= 0.3 is 5.97 Å². The molecule has 0 saturated heterocycles. The van der Waals surface area contributed by atoms with Gasteiger partial charge < -0.3 is 10.4 Å². The van der Waals surface area contributed by atoms with Gasteiger partial charge in [0.15, 0.2) is 0 Å². The number of pyridine rings is 1. The van der Waals surface area contributed by atoms with Crippen LogP contribution >= 0.6 is 0 Å². The lowest BCUT2D eigenvalue weighted by Gasteiger charge is -2.08. The Labute approximate surface area is 135 Å². The molecule has 0 unspecified atom stereocenters. The summed E-state index contributed by atoms with van der Waals surface area (Å²) in [6.45, 7) is 3.57. The second-order valence-corrected chi connectivity index (χ2v) is 5.67.